The Morgan fingerprint density at radius 3 is 2.47 bits per heavy atom. The molecule has 34 heavy (non-hydrogen) atoms. The van der Waals surface area contributed by atoms with Crippen molar-refractivity contribution in [2.45, 2.75) is 13.0 Å². The molecule has 0 unspecified atom stereocenters. The predicted octanol–water partition coefficient (Wildman–Crippen LogP) is 4.08. The number of aliphatic carboxylic acids is 1. The Morgan fingerprint density at radius 2 is 1.79 bits per heavy atom. The second kappa shape index (κ2) is 10.1. The maximum Gasteiger partial charge on any atom is 0.341 e. The molecule has 2 heterocycles. The van der Waals surface area contributed by atoms with Crippen molar-refractivity contribution in [3.05, 3.63) is 68.0 Å². The molecule has 0 aromatic heterocycles. The largest absolute Gasteiger partial charge is 0.479 e. The SMILES string of the molecule is O=C(O)COc1c(Cl)cc(/C=C2\SC(=O)N(CC(=O)N3CCc4ccccc4C3)C2=O)cc1Cl. The van der Waals surface area contributed by atoms with Gasteiger partial charge < -0.3 is 14.7 Å². The van der Waals surface area contributed by atoms with Gasteiger partial charge in [0.05, 0.1) is 15.0 Å². The van der Waals surface area contributed by atoms with Crippen LogP contribution >= 0.6 is 35.0 Å². The van der Waals surface area contributed by atoms with Crippen molar-refractivity contribution in [1.82, 2.24) is 9.80 Å². The van der Waals surface area contributed by atoms with Gasteiger partial charge in [0.25, 0.3) is 11.1 Å². The Labute approximate surface area is 209 Å². The van der Waals surface area contributed by atoms with Crippen molar-refractivity contribution in [3.63, 3.8) is 0 Å². The maximum absolute atomic E-state index is 12.8. The van der Waals surface area contributed by atoms with Gasteiger partial charge in [0.15, 0.2) is 12.4 Å². The maximum atomic E-state index is 12.8. The summed E-state index contributed by atoms with van der Waals surface area (Å²) in [6, 6.07) is 10.7. The summed E-state index contributed by atoms with van der Waals surface area (Å²) >= 11 is 13.0. The zero-order valence-corrected chi connectivity index (χ0v) is 20.0. The molecule has 4 rings (SSSR count). The molecule has 1 N–H and O–H groups in total. The predicted molar refractivity (Wildman–Crippen MR) is 128 cm³/mol. The van der Waals surface area contributed by atoms with E-state index < -0.39 is 23.7 Å². The minimum Gasteiger partial charge on any atom is -0.479 e. The fourth-order valence-electron chi connectivity index (χ4n) is 3.67. The number of carbonyl (C=O) groups is 4. The Morgan fingerprint density at radius 1 is 1.12 bits per heavy atom. The van der Waals surface area contributed by atoms with Crippen molar-refractivity contribution in [2.75, 3.05) is 19.7 Å². The number of hydrogen-bond acceptors (Lipinski definition) is 6. The van der Waals surface area contributed by atoms with E-state index >= 15 is 0 Å². The van der Waals surface area contributed by atoms with E-state index in [9.17, 15) is 19.2 Å². The molecule has 0 bridgehead atoms. The molecule has 2 aromatic carbocycles. The van der Waals surface area contributed by atoms with Crippen LogP contribution in [0.25, 0.3) is 6.08 Å². The van der Waals surface area contributed by atoms with Gasteiger partial charge in [-0.15, -0.1) is 0 Å². The number of imide groups is 1. The van der Waals surface area contributed by atoms with Crippen molar-refractivity contribution >= 4 is 64.1 Å². The minimum absolute atomic E-state index is 0.00434. The van der Waals surface area contributed by atoms with E-state index in [1.807, 2.05) is 24.3 Å². The number of rotatable bonds is 6. The third-order valence-electron chi connectivity index (χ3n) is 5.31. The highest BCUT2D eigenvalue weighted by atomic mass is 35.5. The van der Waals surface area contributed by atoms with Gasteiger partial charge in [-0.3, -0.25) is 19.3 Å². The highest BCUT2D eigenvalue weighted by Gasteiger charge is 2.37. The second-order valence-corrected chi connectivity index (χ2v) is 9.41. The number of hydrogen-bond donors (Lipinski definition) is 1. The van der Waals surface area contributed by atoms with Gasteiger partial charge >= 0.3 is 5.97 Å². The third kappa shape index (κ3) is 5.22. The summed E-state index contributed by atoms with van der Waals surface area (Å²) < 4.78 is 5.07. The molecule has 0 radical (unpaired) electrons. The lowest BCUT2D eigenvalue weighted by molar-refractivity contribution is -0.139. The Balaban J connectivity index is 1.45. The highest BCUT2D eigenvalue weighted by Crippen LogP contribution is 2.37. The van der Waals surface area contributed by atoms with E-state index in [0.717, 1.165) is 16.9 Å². The molecule has 1 fully saturated rings. The van der Waals surface area contributed by atoms with E-state index in [2.05, 4.69) is 0 Å². The Kier molecular flexibility index (Phi) is 7.16. The average Bonchev–Trinajstić information content (AvgIpc) is 3.05. The fourth-order valence-corrected chi connectivity index (χ4v) is 5.12. The molecule has 11 heteroatoms. The molecular weight excluding hydrogens is 503 g/mol. The average molecular weight is 521 g/mol. The molecule has 3 amide bonds. The van der Waals surface area contributed by atoms with Crippen LogP contribution < -0.4 is 4.74 Å². The number of carboxylic acids is 1. The van der Waals surface area contributed by atoms with Crippen LogP contribution in [0.5, 0.6) is 5.75 Å². The first kappa shape index (κ1) is 24.1. The molecule has 0 spiro atoms. The van der Waals surface area contributed by atoms with E-state index in [1.54, 1.807) is 4.90 Å². The van der Waals surface area contributed by atoms with Crippen molar-refractivity contribution < 1.29 is 29.0 Å². The summed E-state index contributed by atoms with van der Waals surface area (Å²) in [7, 11) is 0. The van der Waals surface area contributed by atoms with Gasteiger partial charge in [-0.1, -0.05) is 47.5 Å². The molecule has 8 nitrogen and oxygen atoms in total. The fraction of sp³-hybridized carbons (Fsp3) is 0.217. The summed E-state index contributed by atoms with van der Waals surface area (Å²) in [6.45, 7) is 0.00548. The van der Waals surface area contributed by atoms with Gasteiger partial charge in [-0.05, 0) is 53.1 Å². The first-order valence-corrected chi connectivity index (χ1v) is 11.7. The lowest BCUT2D eigenvalue weighted by Crippen LogP contribution is -2.44. The number of carboxylic acid groups (broad SMARTS) is 1. The lowest BCUT2D eigenvalue weighted by atomic mass is 10.00. The van der Waals surface area contributed by atoms with Crippen LogP contribution in [0.1, 0.15) is 16.7 Å². The molecule has 0 saturated carbocycles. The Bertz CT molecular complexity index is 1210. The van der Waals surface area contributed by atoms with Gasteiger partial charge in [0.2, 0.25) is 5.91 Å². The van der Waals surface area contributed by atoms with Crippen LogP contribution in [0.3, 0.4) is 0 Å². The van der Waals surface area contributed by atoms with E-state index in [4.69, 9.17) is 33.0 Å². The standard InChI is InChI=1S/C23H18Cl2N2O6S/c24-16-7-13(8-17(25)21(16)33-12-20(29)30)9-18-22(31)27(23(32)34-18)11-19(28)26-6-5-14-3-1-2-4-15(14)10-26/h1-4,7-9H,5-6,10-12H2,(H,29,30)/b18-9-. The topological polar surface area (TPSA) is 104 Å². The van der Waals surface area contributed by atoms with E-state index in [1.165, 1.54) is 23.8 Å². The summed E-state index contributed by atoms with van der Waals surface area (Å²) in [5.74, 6) is -2.07. The number of thioether (sulfide) groups is 1. The summed E-state index contributed by atoms with van der Waals surface area (Å²) in [5, 5.41) is 8.31. The molecule has 0 aliphatic carbocycles. The lowest BCUT2D eigenvalue weighted by Gasteiger charge is -2.29. The minimum atomic E-state index is -1.19. The quantitative estimate of drug-likeness (QED) is 0.572. The Hall–Kier alpha value is -3.01. The second-order valence-electron chi connectivity index (χ2n) is 7.60. The van der Waals surface area contributed by atoms with Gasteiger partial charge in [-0.2, -0.15) is 0 Å². The number of fused-ring (bicyclic) bond motifs is 1. The summed E-state index contributed by atoms with van der Waals surface area (Å²) in [6.07, 6.45) is 2.16. The molecule has 2 aliphatic heterocycles. The molecule has 2 aliphatic rings. The van der Waals surface area contributed by atoms with E-state index in [-0.39, 0.29) is 33.2 Å². The van der Waals surface area contributed by atoms with Crippen molar-refractivity contribution in [3.8, 4) is 5.75 Å². The van der Waals surface area contributed by atoms with Crippen molar-refractivity contribution in [2.24, 2.45) is 0 Å². The van der Waals surface area contributed by atoms with Crippen LogP contribution in [0.15, 0.2) is 41.3 Å². The number of halogens is 2. The summed E-state index contributed by atoms with van der Waals surface area (Å²) in [5.41, 5.74) is 2.67. The van der Waals surface area contributed by atoms with Crippen molar-refractivity contribution in [1.29, 1.82) is 0 Å². The van der Waals surface area contributed by atoms with Crippen LogP contribution in [0, 0.1) is 0 Å². The monoisotopic (exact) mass is 520 g/mol. The first-order valence-electron chi connectivity index (χ1n) is 10.2. The highest BCUT2D eigenvalue weighted by molar-refractivity contribution is 8.18. The van der Waals surface area contributed by atoms with Crippen LogP contribution in [-0.4, -0.2) is 57.6 Å². The molecule has 176 valence electrons. The van der Waals surface area contributed by atoms with E-state index in [0.29, 0.717) is 30.4 Å². The number of ether oxygens (including phenoxy) is 1. The molecule has 2 aromatic rings. The van der Waals surface area contributed by atoms with Gasteiger partial charge in [0, 0.05) is 13.1 Å². The number of benzene rings is 2. The number of amides is 3. The zero-order chi connectivity index (χ0) is 24.4. The number of carbonyl (C=O) groups excluding carboxylic acids is 3. The van der Waals surface area contributed by atoms with Crippen LogP contribution in [0.2, 0.25) is 10.0 Å². The van der Waals surface area contributed by atoms with Gasteiger partial charge in [-0.25, -0.2) is 4.79 Å². The molecular formula is C23H18Cl2N2O6S. The van der Waals surface area contributed by atoms with Crippen LogP contribution in [0.4, 0.5) is 4.79 Å². The number of nitrogens with zero attached hydrogens (tertiary/aromatic N) is 2. The first-order chi connectivity index (χ1) is 16.2. The molecule has 0 atom stereocenters. The van der Waals surface area contributed by atoms with Gasteiger partial charge in [0.1, 0.15) is 6.54 Å². The normalized spacial score (nSPS) is 16.7. The summed E-state index contributed by atoms with van der Waals surface area (Å²) in [4.78, 5) is 51.5. The third-order valence-corrected chi connectivity index (χ3v) is 6.78. The van der Waals surface area contributed by atoms with Crippen LogP contribution in [-0.2, 0) is 27.3 Å². The molecule has 1 saturated heterocycles. The zero-order valence-electron chi connectivity index (χ0n) is 17.6. The smallest absolute Gasteiger partial charge is 0.341 e.